The standard InChI is InChI=1S/C13H22N2O/c14-10-13(12-6-5-9-16-11-12)15-7-3-1-2-4-8-15/h12-13H,1-9,11H2. The van der Waals surface area contributed by atoms with Crippen molar-refractivity contribution in [3.63, 3.8) is 0 Å². The average Bonchev–Trinajstić information content (AvgIpc) is 2.61. The lowest BCUT2D eigenvalue weighted by Gasteiger charge is -2.33. The van der Waals surface area contributed by atoms with E-state index < -0.39 is 0 Å². The minimum atomic E-state index is 0.0957. The Balaban J connectivity index is 1.94. The molecule has 0 amide bonds. The molecule has 2 saturated heterocycles. The summed E-state index contributed by atoms with van der Waals surface area (Å²) in [7, 11) is 0. The molecule has 16 heavy (non-hydrogen) atoms. The molecule has 2 aliphatic rings. The highest BCUT2D eigenvalue weighted by atomic mass is 16.5. The van der Waals surface area contributed by atoms with E-state index in [0.29, 0.717) is 5.92 Å². The van der Waals surface area contributed by atoms with Gasteiger partial charge in [-0.3, -0.25) is 4.90 Å². The molecule has 0 aromatic rings. The van der Waals surface area contributed by atoms with Gasteiger partial charge in [-0.2, -0.15) is 5.26 Å². The van der Waals surface area contributed by atoms with Crippen LogP contribution in [0.5, 0.6) is 0 Å². The topological polar surface area (TPSA) is 36.3 Å². The predicted molar refractivity (Wildman–Crippen MR) is 63.0 cm³/mol. The molecular formula is C13H22N2O. The van der Waals surface area contributed by atoms with Gasteiger partial charge in [0.25, 0.3) is 0 Å². The van der Waals surface area contributed by atoms with Crippen LogP contribution in [-0.2, 0) is 4.74 Å². The highest BCUT2D eigenvalue weighted by Gasteiger charge is 2.29. The second kappa shape index (κ2) is 6.22. The monoisotopic (exact) mass is 222 g/mol. The fourth-order valence-corrected chi connectivity index (χ4v) is 2.87. The summed E-state index contributed by atoms with van der Waals surface area (Å²) >= 11 is 0. The molecule has 0 saturated carbocycles. The van der Waals surface area contributed by atoms with E-state index in [0.717, 1.165) is 39.1 Å². The summed E-state index contributed by atoms with van der Waals surface area (Å²) < 4.78 is 5.51. The minimum Gasteiger partial charge on any atom is -0.381 e. The van der Waals surface area contributed by atoms with Gasteiger partial charge in [-0.05, 0) is 38.8 Å². The van der Waals surface area contributed by atoms with Crippen LogP contribution in [0, 0.1) is 17.2 Å². The summed E-state index contributed by atoms with van der Waals surface area (Å²) in [6.45, 7) is 3.88. The number of rotatable bonds is 2. The molecule has 2 atom stereocenters. The smallest absolute Gasteiger partial charge is 0.103 e. The molecule has 0 spiro atoms. The number of nitrogens with zero attached hydrogens (tertiary/aromatic N) is 2. The number of nitriles is 1. The van der Waals surface area contributed by atoms with Crippen molar-refractivity contribution >= 4 is 0 Å². The second-order valence-electron chi connectivity index (χ2n) is 5.00. The van der Waals surface area contributed by atoms with Crippen LogP contribution in [0.25, 0.3) is 0 Å². The van der Waals surface area contributed by atoms with Crippen molar-refractivity contribution in [2.75, 3.05) is 26.3 Å². The normalized spacial score (nSPS) is 30.3. The Labute approximate surface area is 98.4 Å². The largest absolute Gasteiger partial charge is 0.381 e. The van der Waals surface area contributed by atoms with E-state index >= 15 is 0 Å². The SMILES string of the molecule is N#CC(C1CCCOC1)N1CCCCCC1. The Morgan fingerprint density at radius 3 is 2.44 bits per heavy atom. The molecule has 2 fully saturated rings. The molecule has 3 nitrogen and oxygen atoms in total. The van der Waals surface area contributed by atoms with Gasteiger partial charge in [-0.25, -0.2) is 0 Å². The van der Waals surface area contributed by atoms with Crippen LogP contribution in [0.1, 0.15) is 38.5 Å². The maximum absolute atomic E-state index is 9.38. The van der Waals surface area contributed by atoms with Crippen molar-refractivity contribution in [1.29, 1.82) is 5.26 Å². The maximum atomic E-state index is 9.38. The molecule has 0 aliphatic carbocycles. The molecule has 0 N–H and O–H groups in total. The molecule has 2 heterocycles. The Kier molecular flexibility index (Phi) is 4.62. The van der Waals surface area contributed by atoms with Crippen molar-refractivity contribution in [3.05, 3.63) is 0 Å². The van der Waals surface area contributed by atoms with E-state index in [4.69, 9.17) is 4.74 Å². The molecule has 0 bridgehead atoms. The van der Waals surface area contributed by atoms with Crippen LogP contribution in [0.15, 0.2) is 0 Å². The minimum absolute atomic E-state index is 0.0957. The Morgan fingerprint density at radius 1 is 1.12 bits per heavy atom. The van der Waals surface area contributed by atoms with E-state index in [1.807, 2.05) is 0 Å². The number of likely N-dealkylation sites (tertiary alicyclic amines) is 1. The van der Waals surface area contributed by atoms with Gasteiger partial charge in [0, 0.05) is 12.5 Å². The van der Waals surface area contributed by atoms with Gasteiger partial charge < -0.3 is 4.74 Å². The van der Waals surface area contributed by atoms with E-state index in [2.05, 4.69) is 11.0 Å². The highest BCUT2D eigenvalue weighted by molar-refractivity contribution is 4.97. The van der Waals surface area contributed by atoms with Crippen molar-refractivity contribution in [3.8, 4) is 6.07 Å². The van der Waals surface area contributed by atoms with Gasteiger partial charge in [0.05, 0.1) is 12.7 Å². The van der Waals surface area contributed by atoms with Crippen LogP contribution in [0.3, 0.4) is 0 Å². The Morgan fingerprint density at radius 2 is 1.88 bits per heavy atom. The van der Waals surface area contributed by atoms with Crippen LogP contribution in [0.4, 0.5) is 0 Å². The fourth-order valence-electron chi connectivity index (χ4n) is 2.87. The maximum Gasteiger partial charge on any atom is 0.103 e. The number of hydrogen-bond acceptors (Lipinski definition) is 3. The van der Waals surface area contributed by atoms with Gasteiger partial charge in [-0.1, -0.05) is 12.8 Å². The number of ether oxygens (including phenoxy) is 1. The molecule has 90 valence electrons. The molecule has 2 aliphatic heterocycles. The molecule has 2 rings (SSSR count). The first-order chi connectivity index (χ1) is 7.92. The summed E-state index contributed by atoms with van der Waals surface area (Å²) in [6.07, 6.45) is 7.45. The molecule has 0 aromatic carbocycles. The first-order valence-electron chi connectivity index (χ1n) is 6.63. The predicted octanol–water partition coefficient (Wildman–Crippen LogP) is 2.18. The second-order valence-corrected chi connectivity index (χ2v) is 5.00. The quantitative estimate of drug-likeness (QED) is 0.718. The van der Waals surface area contributed by atoms with E-state index in [9.17, 15) is 5.26 Å². The van der Waals surface area contributed by atoms with Crippen molar-refractivity contribution in [2.24, 2.45) is 5.92 Å². The molecular weight excluding hydrogens is 200 g/mol. The van der Waals surface area contributed by atoms with Crippen LogP contribution >= 0.6 is 0 Å². The third-order valence-corrected chi connectivity index (χ3v) is 3.81. The van der Waals surface area contributed by atoms with Crippen molar-refractivity contribution < 1.29 is 4.74 Å². The van der Waals surface area contributed by atoms with E-state index in [1.54, 1.807) is 0 Å². The average molecular weight is 222 g/mol. The van der Waals surface area contributed by atoms with Gasteiger partial charge >= 0.3 is 0 Å². The third-order valence-electron chi connectivity index (χ3n) is 3.81. The molecule has 0 aromatic heterocycles. The van der Waals surface area contributed by atoms with Crippen LogP contribution in [-0.4, -0.2) is 37.2 Å². The summed E-state index contributed by atoms with van der Waals surface area (Å²) in [4.78, 5) is 2.40. The zero-order valence-electron chi connectivity index (χ0n) is 10.0. The summed E-state index contributed by atoms with van der Waals surface area (Å²) in [6, 6.07) is 2.61. The van der Waals surface area contributed by atoms with Crippen molar-refractivity contribution in [1.82, 2.24) is 4.90 Å². The highest BCUT2D eigenvalue weighted by Crippen LogP contribution is 2.23. The van der Waals surface area contributed by atoms with E-state index in [1.165, 1.54) is 25.7 Å². The third kappa shape index (κ3) is 2.96. The van der Waals surface area contributed by atoms with Gasteiger partial charge in [0.15, 0.2) is 0 Å². The molecule has 3 heteroatoms. The van der Waals surface area contributed by atoms with Gasteiger partial charge in [0.2, 0.25) is 0 Å². The fraction of sp³-hybridized carbons (Fsp3) is 0.923. The molecule has 2 unspecified atom stereocenters. The van der Waals surface area contributed by atoms with Gasteiger partial charge in [-0.15, -0.1) is 0 Å². The number of hydrogen-bond donors (Lipinski definition) is 0. The lowest BCUT2D eigenvalue weighted by Crippen LogP contribution is -2.43. The Bertz CT molecular complexity index is 235. The summed E-state index contributed by atoms with van der Waals surface area (Å²) in [5, 5.41) is 9.38. The van der Waals surface area contributed by atoms with Crippen molar-refractivity contribution in [2.45, 2.75) is 44.6 Å². The van der Waals surface area contributed by atoms with E-state index in [-0.39, 0.29) is 6.04 Å². The Hall–Kier alpha value is -0.590. The molecule has 0 radical (unpaired) electrons. The first-order valence-corrected chi connectivity index (χ1v) is 6.63. The zero-order chi connectivity index (χ0) is 11.2. The first kappa shape index (κ1) is 11.9. The van der Waals surface area contributed by atoms with Crippen LogP contribution < -0.4 is 0 Å². The van der Waals surface area contributed by atoms with Crippen LogP contribution in [0.2, 0.25) is 0 Å². The lowest BCUT2D eigenvalue weighted by molar-refractivity contribution is 0.0237. The summed E-state index contributed by atoms with van der Waals surface area (Å²) in [5.41, 5.74) is 0. The van der Waals surface area contributed by atoms with Gasteiger partial charge in [0.1, 0.15) is 6.04 Å². The zero-order valence-corrected chi connectivity index (χ0v) is 10.0. The lowest BCUT2D eigenvalue weighted by atomic mass is 9.93. The summed E-state index contributed by atoms with van der Waals surface area (Å²) in [5.74, 6) is 0.442.